The fourth-order valence-corrected chi connectivity index (χ4v) is 1.71. The van der Waals surface area contributed by atoms with Crippen LogP contribution in [0.15, 0.2) is 23.1 Å². The van der Waals surface area contributed by atoms with E-state index >= 15 is 0 Å². The van der Waals surface area contributed by atoms with Crippen molar-refractivity contribution >= 4 is 21.5 Å². The van der Waals surface area contributed by atoms with Gasteiger partial charge in [-0.25, -0.2) is 13.2 Å². The molecule has 1 rings (SSSR count). The molecule has 0 bridgehead atoms. The van der Waals surface area contributed by atoms with Crippen molar-refractivity contribution in [3.05, 3.63) is 33.9 Å². The summed E-state index contributed by atoms with van der Waals surface area (Å²) in [6.07, 6.45) is 2.13. The van der Waals surface area contributed by atoms with Crippen molar-refractivity contribution < 1.29 is 23.2 Å². The lowest BCUT2D eigenvalue weighted by Crippen LogP contribution is -2.05. The number of carboxylic acids is 1. The van der Waals surface area contributed by atoms with Crippen LogP contribution in [0.4, 0.5) is 5.69 Å². The van der Waals surface area contributed by atoms with Crippen LogP contribution < -0.4 is 0 Å². The molecular formula is C11H15NO6S. The minimum atomic E-state index is -3.60. The number of hydrogen-bond acceptors (Lipinski definition) is 5. The molecule has 0 aromatic heterocycles. The summed E-state index contributed by atoms with van der Waals surface area (Å²) in [5, 5.41) is 19.2. The summed E-state index contributed by atoms with van der Waals surface area (Å²) in [7, 11) is -3.60. The molecule has 8 heteroatoms. The molecule has 7 nitrogen and oxygen atoms in total. The fourth-order valence-electron chi connectivity index (χ4n) is 1.07. The summed E-state index contributed by atoms with van der Waals surface area (Å²) in [4.78, 5) is 20.0. The number of nitro benzene ring substituents is 1. The van der Waals surface area contributed by atoms with Crippen molar-refractivity contribution in [2.75, 3.05) is 6.26 Å². The third-order valence-electron chi connectivity index (χ3n) is 1.82. The molecule has 0 radical (unpaired) electrons. The Labute approximate surface area is 110 Å². The Morgan fingerprint density at radius 3 is 2.16 bits per heavy atom. The highest BCUT2D eigenvalue weighted by Gasteiger charge is 2.22. The van der Waals surface area contributed by atoms with Crippen LogP contribution in [-0.2, 0) is 9.84 Å². The maximum Gasteiger partial charge on any atom is 0.342 e. The Morgan fingerprint density at radius 2 is 1.84 bits per heavy atom. The van der Waals surface area contributed by atoms with E-state index in [4.69, 9.17) is 5.11 Å². The van der Waals surface area contributed by atoms with Crippen LogP contribution in [0.25, 0.3) is 0 Å². The second kappa shape index (κ2) is 6.83. The molecule has 0 saturated heterocycles. The van der Waals surface area contributed by atoms with Gasteiger partial charge in [0.1, 0.15) is 5.56 Å². The molecule has 1 N–H and O–H groups in total. The van der Waals surface area contributed by atoms with Gasteiger partial charge in [0.25, 0.3) is 5.69 Å². The number of benzene rings is 1. The Bertz CT molecular complexity index is 579. The molecule has 1 aromatic rings. The minimum absolute atomic E-state index is 0.288. The zero-order valence-corrected chi connectivity index (χ0v) is 11.6. The van der Waals surface area contributed by atoms with Crippen molar-refractivity contribution in [2.45, 2.75) is 25.2 Å². The molecule has 0 unspecified atom stereocenters. The van der Waals surface area contributed by atoms with E-state index in [0.29, 0.717) is 0 Å². The van der Waals surface area contributed by atoms with Crippen LogP contribution in [0.2, 0.25) is 0 Å². The highest BCUT2D eigenvalue weighted by atomic mass is 32.2. The highest BCUT2D eigenvalue weighted by molar-refractivity contribution is 7.90. The normalized spacial score (nSPS) is 10.3. The number of nitro groups is 1. The number of aromatic carboxylic acids is 1. The van der Waals surface area contributed by atoms with Crippen LogP contribution in [0.3, 0.4) is 0 Å². The van der Waals surface area contributed by atoms with Gasteiger partial charge >= 0.3 is 5.97 Å². The second-order valence-electron chi connectivity index (χ2n) is 3.72. The summed E-state index contributed by atoms with van der Waals surface area (Å²) in [5.74, 6) is -1.48. The molecule has 0 saturated carbocycles. The van der Waals surface area contributed by atoms with Gasteiger partial charge in [-0.15, -0.1) is 0 Å². The van der Waals surface area contributed by atoms with Crippen LogP contribution in [0.1, 0.15) is 30.6 Å². The Kier molecular flexibility index (Phi) is 6.13. The number of sulfone groups is 1. The van der Waals surface area contributed by atoms with Gasteiger partial charge in [0.05, 0.1) is 9.82 Å². The smallest absolute Gasteiger partial charge is 0.342 e. The maximum atomic E-state index is 11.1. The molecule has 0 aliphatic carbocycles. The zero-order chi connectivity index (χ0) is 15.2. The largest absolute Gasteiger partial charge is 0.477 e. The van der Waals surface area contributed by atoms with Gasteiger partial charge in [0, 0.05) is 12.3 Å². The number of hydrogen-bond donors (Lipinski definition) is 1. The van der Waals surface area contributed by atoms with E-state index < -0.39 is 32.0 Å². The van der Waals surface area contributed by atoms with Gasteiger partial charge in [0.2, 0.25) is 0 Å². The summed E-state index contributed by atoms with van der Waals surface area (Å²) >= 11 is 0. The first-order valence-corrected chi connectivity index (χ1v) is 7.26. The fraction of sp³-hybridized carbons (Fsp3) is 0.364. The maximum absolute atomic E-state index is 11.1. The van der Waals surface area contributed by atoms with Gasteiger partial charge in [-0.3, -0.25) is 10.1 Å². The Hall–Kier alpha value is -1.96. The molecular weight excluding hydrogens is 274 g/mol. The third kappa shape index (κ3) is 5.04. The van der Waals surface area contributed by atoms with Crippen molar-refractivity contribution in [2.24, 2.45) is 0 Å². The number of nitrogens with zero attached hydrogens (tertiary/aromatic N) is 1. The lowest BCUT2D eigenvalue weighted by molar-refractivity contribution is -0.385. The van der Waals surface area contributed by atoms with Crippen LogP contribution >= 0.6 is 0 Å². The molecule has 1 aromatic carbocycles. The quantitative estimate of drug-likeness (QED) is 0.673. The number of rotatable bonds is 3. The minimum Gasteiger partial charge on any atom is -0.477 e. The van der Waals surface area contributed by atoms with E-state index in [9.17, 15) is 23.3 Å². The van der Waals surface area contributed by atoms with E-state index in [2.05, 4.69) is 13.8 Å². The lowest BCUT2D eigenvalue weighted by Gasteiger charge is -2.01. The Balaban J connectivity index is 0.000000982. The van der Waals surface area contributed by atoms with E-state index in [1.54, 1.807) is 0 Å². The monoisotopic (exact) mass is 289 g/mol. The topological polar surface area (TPSA) is 115 Å². The molecule has 0 atom stereocenters. The SMILES string of the molecule is CCC.CS(=O)(=O)c1ccc(C(=O)O)c([N+](=O)[O-])c1. The standard InChI is InChI=1S/C8H7NO6S.C3H8/c1-16(14,15)5-2-3-6(8(10)11)7(4-5)9(12)13;1-3-2/h2-4H,1H3,(H,10,11);3H2,1-2H3. The molecule has 0 aliphatic heterocycles. The first-order valence-electron chi connectivity index (χ1n) is 5.36. The van der Waals surface area contributed by atoms with Crippen LogP contribution in [0.5, 0.6) is 0 Å². The van der Waals surface area contributed by atoms with E-state index in [0.717, 1.165) is 24.5 Å². The summed E-state index contributed by atoms with van der Waals surface area (Å²) < 4.78 is 22.2. The first kappa shape index (κ1) is 17.0. The first-order chi connectivity index (χ1) is 8.65. The molecule has 106 valence electrons. The van der Waals surface area contributed by atoms with Gasteiger partial charge in [-0.1, -0.05) is 20.3 Å². The van der Waals surface area contributed by atoms with Crippen LogP contribution in [-0.4, -0.2) is 30.7 Å². The van der Waals surface area contributed by atoms with Gasteiger partial charge in [0.15, 0.2) is 9.84 Å². The molecule has 0 aliphatic rings. The summed E-state index contributed by atoms with van der Waals surface area (Å²) in [6, 6.07) is 2.65. The second-order valence-corrected chi connectivity index (χ2v) is 5.74. The van der Waals surface area contributed by atoms with Crippen molar-refractivity contribution in [1.29, 1.82) is 0 Å². The van der Waals surface area contributed by atoms with Crippen molar-refractivity contribution in [1.82, 2.24) is 0 Å². The number of carboxylic acid groups (broad SMARTS) is 1. The lowest BCUT2D eigenvalue weighted by atomic mass is 10.2. The predicted molar refractivity (Wildman–Crippen MR) is 69.1 cm³/mol. The molecule has 0 amide bonds. The molecule has 0 spiro atoms. The van der Waals surface area contributed by atoms with E-state index in [1.807, 2.05) is 0 Å². The van der Waals surface area contributed by atoms with Crippen molar-refractivity contribution in [3.63, 3.8) is 0 Å². The molecule has 0 heterocycles. The summed E-state index contributed by atoms with van der Waals surface area (Å²) in [6.45, 7) is 4.25. The van der Waals surface area contributed by atoms with Crippen molar-refractivity contribution in [3.8, 4) is 0 Å². The average Bonchev–Trinajstić information content (AvgIpc) is 2.27. The summed E-state index contributed by atoms with van der Waals surface area (Å²) in [5.41, 5.74) is -1.28. The Morgan fingerprint density at radius 1 is 1.37 bits per heavy atom. The predicted octanol–water partition coefficient (Wildman–Crippen LogP) is 2.11. The average molecular weight is 289 g/mol. The van der Waals surface area contributed by atoms with Gasteiger partial charge in [-0.2, -0.15) is 0 Å². The van der Waals surface area contributed by atoms with Gasteiger partial charge in [-0.05, 0) is 12.1 Å². The molecule has 0 fully saturated rings. The number of carbonyl (C=O) groups is 1. The zero-order valence-electron chi connectivity index (χ0n) is 10.8. The third-order valence-corrected chi connectivity index (χ3v) is 2.93. The van der Waals surface area contributed by atoms with Crippen LogP contribution in [0, 0.1) is 10.1 Å². The van der Waals surface area contributed by atoms with E-state index in [-0.39, 0.29) is 4.90 Å². The van der Waals surface area contributed by atoms with Gasteiger partial charge < -0.3 is 5.11 Å². The molecule has 19 heavy (non-hydrogen) atoms. The van der Waals surface area contributed by atoms with E-state index in [1.165, 1.54) is 6.42 Å². The highest BCUT2D eigenvalue weighted by Crippen LogP contribution is 2.22.